The molecule has 78 valence electrons. The Kier molecular flexibility index (Phi) is 4.28. The van der Waals surface area contributed by atoms with Gasteiger partial charge in [-0.1, -0.05) is 47.0 Å². The largest absolute Gasteiger partial charge is 0.0651 e. The third-order valence-electron chi connectivity index (χ3n) is 4.42. The van der Waals surface area contributed by atoms with E-state index in [4.69, 9.17) is 0 Å². The summed E-state index contributed by atoms with van der Waals surface area (Å²) in [5.41, 5.74) is 0. The van der Waals surface area contributed by atoms with Crippen LogP contribution in [-0.2, 0) is 0 Å². The molecule has 3 unspecified atom stereocenters. The fourth-order valence-electron chi connectivity index (χ4n) is 2.70. The first kappa shape index (κ1) is 11.1. The molecule has 0 N–H and O–H groups in total. The van der Waals surface area contributed by atoms with Crippen LogP contribution in [0.2, 0.25) is 0 Å². The molecule has 1 saturated carbocycles. The summed E-state index contributed by atoms with van der Waals surface area (Å²) in [5, 5.41) is 0. The molecule has 13 heavy (non-hydrogen) atoms. The lowest BCUT2D eigenvalue weighted by Gasteiger charge is -2.41. The Morgan fingerprint density at radius 3 is 2.15 bits per heavy atom. The zero-order chi connectivity index (χ0) is 9.84. The van der Waals surface area contributed by atoms with Crippen LogP contribution in [0.25, 0.3) is 0 Å². The van der Waals surface area contributed by atoms with Crippen LogP contribution in [0.4, 0.5) is 0 Å². The van der Waals surface area contributed by atoms with E-state index in [0.717, 1.165) is 23.7 Å². The summed E-state index contributed by atoms with van der Waals surface area (Å²) < 4.78 is 0. The van der Waals surface area contributed by atoms with E-state index in [2.05, 4.69) is 27.7 Å². The molecular formula is C13H26. The van der Waals surface area contributed by atoms with Crippen molar-refractivity contribution in [2.75, 3.05) is 0 Å². The molecule has 0 bridgehead atoms. The van der Waals surface area contributed by atoms with Gasteiger partial charge in [-0.25, -0.2) is 0 Å². The van der Waals surface area contributed by atoms with Crippen molar-refractivity contribution in [2.45, 2.75) is 59.8 Å². The molecule has 0 aromatic carbocycles. The Bertz CT molecular complexity index is 135. The predicted molar refractivity (Wildman–Crippen MR) is 59.7 cm³/mol. The molecule has 1 aliphatic rings. The van der Waals surface area contributed by atoms with E-state index >= 15 is 0 Å². The Labute approximate surface area is 84.1 Å². The molecule has 1 aliphatic carbocycles. The van der Waals surface area contributed by atoms with Gasteiger partial charge >= 0.3 is 0 Å². The van der Waals surface area contributed by atoms with E-state index < -0.39 is 0 Å². The van der Waals surface area contributed by atoms with E-state index in [1.807, 2.05) is 0 Å². The molecule has 0 heterocycles. The molecule has 0 heteroatoms. The molecule has 0 nitrogen and oxygen atoms in total. The van der Waals surface area contributed by atoms with Crippen molar-refractivity contribution in [2.24, 2.45) is 23.7 Å². The van der Waals surface area contributed by atoms with Crippen molar-refractivity contribution in [3.05, 3.63) is 0 Å². The highest BCUT2D eigenvalue weighted by atomic mass is 14.4. The second-order valence-electron chi connectivity index (χ2n) is 5.09. The van der Waals surface area contributed by atoms with Crippen LogP contribution in [0.1, 0.15) is 59.8 Å². The molecule has 3 atom stereocenters. The zero-order valence-corrected chi connectivity index (χ0v) is 9.84. The van der Waals surface area contributed by atoms with Gasteiger partial charge in [-0.15, -0.1) is 0 Å². The van der Waals surface area contributed by atoms with E-state index in [1.54, 1.807) is 0 Å². The first-order chi connectivity index (χ1) is 6.19. The van der Waals surface area contributed by atoms with Gasteiger partial charge in [-0.2, -0.15) is 0 Å². The second kappa shape index (κ2) is 5.02. The van der Waals surface area contributed by atoms with Crippen molar-refractivity contribution in [3.8, 4) is 0 Å². The molecule has 0 amide bonds. The minimum atomic E-state index is 1.00. The van der Waals surface area contributed by atoms with Crippen LogP contribution < -0.4 is 0 Å². The summed E-state index contributed by atoms with van der Waals surface area (Å²) in [6, 6.07) is 0. The summed E-state index contributed by atoms with van der Waals surface area (Å²) in [4.78, 5) is 0. The standard InChI is InChI=1S/C13H26/c1-5-12(6-2)7-8-13-9-10(3)11(13)4/h10-13H,5-9H2,1-4H3. The van der Waals surface area contributed by atoms with Crippen molar-refractivity contribution in [1.29, 1.82) is 0 Å². The highest BCUT2D eigenvalue weighted by Crippen LogP contribution is 2.43. The Morgan fingerprint density at radius 2 is 1.77 bits per heavy atom. The average Bonchev–Trinajstić information content (AvgIpc) is 2.17. The number of rotatable bonds is 5. The fraction of sp³-hybridized carbons (Fsp3) is 1.00. The highest BCUT2D eigenvalue weighted by molar-refractivity contribution is 4.83. The summed E-state index contributed by atoms with van der Waals surface area (Å²) in [6.07, 6.45) is 7.24. The average molecular weight is 182 g/mol. The molecule has 0 saturated heterocycles. The van der Waals surface area contributed by atoms with Crippen LogP contribution in [0.15, 0.2) is 0 Å². The van der Waals surface area contributed by atoms with Gasteiger partial charge in [-0.05, 0) is 36.5 Å². The Balaban J connectivity index is 2.12. The second-order valence-corrected chi connectivity index (χ2v) is 5.09. The topological polar surface area (TPSA) is 0 Å². The number of hydrogen-bond acceptors (Lipinski definition) is 0. The zero-order valence-electron chi connectivity index (χ0n) is 9.84. The van der Waals surface area contributed by atoms with Crippen molar-refractivity contribution >= 4 is 0 Å². The van der Waals surface area contributed by atoms with Crippen molar-refractivity contribution in [1.82, 2.24) is 0 Å². The molecule has 0 aromatic rings. The maximum atomic E-state index is 2.44. The smallest absolute Gasteiger partial charge is 0.0383 e. The Morgan fingerprint density at radius 1 is 1.15 bits per heavy atom. The van der Waals surface area contributed by atoms with Crippen LogP contribution in [0.3, 0.4) is 0 Å². The summed E-state index contributed by atoms with van der Waals surface area (Å²) in [5.74, 6) is 4.08. The van der Waals surface area contributed by atoms with Gasteiger partial charge in [0.15, 0.2) is 0 Å². The quantitative estimate of drug-likeness (QED) is 0.587. The van der Waals surface area contributed by atoms with Gasteiger partial charge in [0, 0.05) is 0 Å². The van der Waals surface area contributed by atoms with Gasteiger partial charge in [0.25, 0.3) is 0 Å². The lowest BCUT2D eigenvalue weighted by molar-refractivity contribution is 0.0878. The molecular weight excluding hydrogens is 156 g/mol. The lowest BCUT2D eigenvalue weighted by Crippen LogP contribution is -2.32. The predicted octanol–water partition coefficient (Wildman–Crippen LogP) is 4.49. The molecule has 1 rings (SSSR count). The summed E-state index contributed by atoms with van der Waals surface area (Å²) in [7, 11) is 0. The van der Waals surface area contributed by atoms with Crippen LogP contribution in [0, 0.1) is 23.7 Å². The van der Waals surface area contributed by atoms with Crippen LogP contribution >= 0.6 is 0 Å². The number of hydrogen-bond donors (Lipinski definition) is 0. The fourth-order valence-corrected chi connectivity index (χ4v) is 2.70. The van der Waals surface area contributed by atoms with Crippen LogP contribution in [0.5, 0.6) is 0 Å². The normalized spacial score (nSPS) is 33.5. The molecule has 0 spiro atoms. The van der Waals surface area contributed by atoms with Crippen LogP contribution in [-0.4, -0.2) is 0 Å². The van der Waals surface area contributed by atoms with Gasteiger partial charge in [0.05, 0.1) is 0 Å². The van der Waals surface area contributed by atoms with E-state index in [9.17, 15) is 0 Å². The van der Waals surface area contributed by atoms with Gasteiger partial charge in [0.1, 0.15) is 0 Å². The monoisotopic (exact) mass is 182 g/mol. The van der Waals surface area contributed by atoms with Crippen molar-refractivity contribution < 1.29 is 0 Å². The SMILES string of the molecule is CCC(CC)CCC1CC(C)C1C. The minimum absolute atomic E-state index is 1.00. The van der Waals surface area contributed by atoms with E-state index in [1.165, 1.54) is 32.1 Å². The lowest BCUT2D eigenvalue weighted by atomic mass is 9.64. The highest BCUT2D eigenvalue weighted by Gasteiger charge is 2.33. The maximum absolute atomic E-state index is 2.44. The third-order valence-corrected chi connectivity index (χ3v) is 4.42. The summed E-state index contributed by atoms with van der Waals surface area (Å²) in [6.45, 7) is 9.51. The molecule has 0 aromatic heterocycles. The van der Waals surface area contributed by atoms with Gasteiger partial charge in [0.2, 0.25) is 0 Å². The van der Waals surface area contributed by atoms with E-state index in [0.29, 0.717) is 0 Å². The minimum Gasteiger partial charge on any atom is -0.0651 e. The van der Waals surface area contributed by atoms with E-state index in [-0.39, 0.29) is 0 Å². The third kappa shape index (κ3) is 2.72. The van der Waals surface area contributed by atoms with Gasteiger partial charge < -0.3 is 0 Å². The molecule has 0 aliphatic heterocycles. The first-order valence-corrected chi connectivity index (χ1v) is 6.19. The molecule has 1 fully saturated rings. The first-order valence-electron chi connectivity index (χ1n) is 6.19. The Hall–Kier alpha value is 0. The van der Waals surface area contributed by atoms with Gasteiger partial charge in [-0.3, -0.25) is 0 Å². The summed E-state index contributed by atoms with van der Waals surface area (Å²) >= 11 is 0. The van der Waals surface area contributed by atoms with Crippen molar-refractivity contribution in [3.63, 3.8) is 0 Å². The maximum Gasteiger partial charge on any atom is -0.0383 e. The molecule has 0 radical (unpaired) electrons.